The minimum atomic E-state index is -0.640. The summed E-state index contributed by atoms with van der Waals surface area (Å²) in [5.41, 5.74) is 10.4. The zero-order chi connectivity index (χ0) is 12.9. The summed E-state index contributed by atoms with van der Waals surface area (Å²) < 4.78 is 0. The number of carbonyl (C=O) groups is 1. The third-order valence-corrected chi connectivity index (χ3v) is 3.27. The van der Waals surface area contributed by atoms with Crippen LogP contribution in [-0.2, 0) is 4.79 Å². The number of primary amides is 1. The average Bonchev–Trinajstić information content (AvgIpc) is 2.28. The van der Waals surface area contributed by atoms with Crippen molar-refractivity contribution in [2.45, 2.75) is 52.0 Å². The molecule has 0 aromatic rings. The van der Waals surface area contributed by atoms with E-state index in [9.17, 15) is 4.79 Å². The second-order valence-corrected chi connectivity index (χ2v) is 5.43. The Hall–Kier alpha value is -0.530. The minimum absolute atomic E-state index is 0. The molecule has 1 aliphatic carbocycles. The van der Waals surface area contributed by atoms with Crippen LogP contribution < -0.4 is 16.8 Å². The van der Waals surface area contributed by atoms with E-state index in [0.717, 1.165) is 12.8 Å². The van der Waals surface area contributed by atoms with Crippen molar-refractivity contribution in [1.29, 1.82) is 0 Å². The van der Waals surface area contributed by atoms with Gasteiger partial charge in [-0.15, -0.1) is 24.0 Å². The molecule has 1 saturated carbocycles. The van der Waals surface area contributed by atoms with Crippen molar-refractivity contribution in [2.75, 3.05) is 6.54 Å². The van der Waals surface area contributed by atoms with Gasteiger partial charge in [-0.2, -0.15) is 0 Å². The zero-order valence-corrected chi connectivity index (χ0v) is 13.6. The van der Waals surface area contributed by atoms with Crippen molar-refractivity contribution in [3.8, 4) is 0 Å². The van der Waals surface area contributed by atoms with E-state index < -0.39 is 5.41 Å². The number of amides is 1. The molecule has 0 aliphatic heterocycles. The van der Waals surface area contributed by atoms with Crippen LogP contribution in [0.5, 0.6) is 0 Å². The van der Waals surface area contributed by atoms with Gasteiger partial charge in [0.05, 0.1) is 12.0 Å². The van der Waals surface area contributed by atoms with Gasteiger partial charge >= 0.3 is 0 Å². The number of nitrogens with zero attached hydrogens (tertiary/aromatic N) is 1. The molecule has 0 saturated heterocycles. The second-order valence-electron chi connectivity index (χ2n) is 5.43. The minimum Gasteiger partial charge on any atom is -0.370 e. The Morgan fingerprint density at radius 3 is 2.33 bits per heavy atom. The molecule has 0 radical (unpaired) electrons. The van der Waals surface area contributed by atoms with Crippen LogP contribution in [0.25, 0.3) is 0 Å². The monoisotopic (exact) mass is 368 g/mol. The molecule has 0 heterocycles. The molecule has 0 aromatic carbocycles. The molecule has 0 bridgehead atoms. The Balaban J connectivity index is 0.00000289. The van der Waals surface area contributed by atoms with Crippen molar-refractivity contribution >= 4 is 35.8 Å². The van der Waals surface area contributed by atoms with Crippen molar-refractivity contribution < 1.29 is 4.79 Å². The smallest absolute Gasteiger partial charge is 0.224 e. The summed E-state index contributed by atoms with van der Waals surface area (Å²) in [7, 11) is 0. The fraction of sp³-hybridized carbons (Fsp3) is 0.833. The van der Waals surface area contributed by atoms with Crippen LogP contribution in [-0.4, -0.2) is 24.5 Å². The number of hydrogen-bond acceptors (Lipinski definition) is 2. The number of halogens is 1. The number of guanidine groups is 1. The van der Waals surface area contributed by atoms with Crippen molar-refractivity contribution in [3.63, 3.8) is 0 Å². The lowest BCUT2D eigenvalue weighted by Gasteiger charge is -2.24. The Morgan fingerprint density at radius 2 is 1.83 bits per heavy atom. The number of nitrogens with one attached hydrogen (secondary N) is 1. The van der Waals surface area contributed by atoms with Crippen LogP contribution in [0.15, 0.2) is 4.99 Å². The summed E-state index contributed by atoms with van der Waals surface area (Å²) in [6, 6.07) is 0.434. The van der Waals surface area contributed by atoms with Crippen molar-refractivity contribution in [3.05, 3.63) is 0 Å². The summed E-state index contributed by atoms with van der Waals surface area (Å²) in [6.45, 7) is 3.87. The molecule has 1 aliphatic rings. The molecule has 0 spiro atoms. The van der Waals surface area contributed by atoms with Gasteiger partial charge in [-0.05, 0) is 26.7 Å². The fourth-order valence-corrected chi connectivity index (χ4v) is 1.86. The highest BCUT2D eigenvalue weighted by Gasteiger charge is 2.24. The topological polar surface area (TPSA) is 93.5 Å². The predicted molar refractivity (Wildman–Crippen MR) is 84.9 cm³/mol. The number of hydrogen-bond donors (Lipinski definition) is 3. The van der Waals surface area contributed by atoms with Gasteiger partial charge in [0, 0.05) is 6.04 Å². The molecule has 106 valence electrons. The lowest BCUT2D eigenvalue weighted by Crippen LogP contribution is -2.42. The lowest BCUT2D eigenvalue weighted by molar-refractivity contribution is -0.125. The molecule has 5 N–H and O–H groups in total. The first-order chi connectivity index (χ1) is 7.92. The third-order valence-electron chi connectivity index (χ3n) is 3.27. The van der Waals surface area contributed by atoms with E-state index in [4.69, 9.17) is 11.5 Å². The zero-order valence-electron chi connectivity index (χ0n) is 11.2. The molecule has 1 amide bonds. The van der Waals surface area contributed by atoms with Gasteiger partial charge in [-0.25, -0.2) is 0 Å². The van der Waals surface area contributed by atoms with Crippen molar-refractivity contribution in [1.82, 2.24) is 5.32 Å². The second kappa shape index (κ2) is 7.81. The van der Waals surface area contributed by atoms with Gasteiger partial charge in [0.2, 0.25) is 5.91 Å². The molecule has 5 nitrogen and oxygen atoms in total. The van der Waals surface area contributed by atoms with Crippen LogP contribution in [0.1, 0.15) is 46.0 Å². The first kappa shape index (κ1) is 17.5. The summed E-state index contributed by atoms with van der Waals surface area (Å²) in [6.07, 6.45) is 6.10. The van der Waals surface area contributed by atoms with Gasteiger partial charge in [0.1, 0.15) is 0 Å². The molecular formula is C12H25IN4O. The lowest BCUT2D eigenvalue weighted by atomic mass is 9.93. The largest absolute Gasteiger partial charge is 0.370 e. The van der Waals surface area contributed by atoms with Gasteiger partial charge in [0.15, 0.2) is 5.96 Å². The Bertz CT molecular complexity index is 298. The first-order valence-electron chi connectivity index (χ1n) is 6.28. The number of rotatable bonds is 4. The molecule has 0 unspecified atom stereocenters. The van der Waals surface area contributed by atoms with Gasteiger partial charge < -0.3 is 16.8 Å². The van der Waals surface area contributed by atoms with Crippen LogP contribution in [0.3, 0.4) is 0 Å². The quantitative estimate of drug-likeness (QED) is 0.397. The molecule has 6 heteroatoms. The number of aliphatic imine (C=N–C) groups is 1. The highest BCUT2D eigenvalue weighted by Crippen LogP contribution is 2.17. The summed E-state index contributed by atoms with van der Waals surface area (Å²) >= 11 is 0. The van der Waals surface area contributed by atoms with E-state index >= 15 is 0 Å². The fourth-order valence-electron chi connectivity index (χ4n) is 1.86. The van der Waals surface area contributed by atoms with Gasteiger partial charge in [-0.3, -0.25) is 9.79 Å². The predicted octanol–water partition coefficient (Wildman–Crippen LogP) is 1.35. The van der Waals surface area contributed by atoms with E-state index in [1.165, 1.54) is 19.3 Å². The number of nitrogens with two attached hydrogens (primary N) is 2. The van der Waals surface area contributed by atoms with E-state index in [1.54, 1.807) is 13.8 Å². The Morgan fingerprint density at radius 1 is 1.28 bits per heavy atom. The highest BCUT2D eigenvalue weighted by atomic mass is 127. The van der Waals surface area contributed by atoms with Crippen LogP contribution in [0.4, 0.5) is 0 Å². The molecule has 18 heavy (non-hydrogen) atoms. The Kier molecular flexibility index (Phi) is 7.58. The molecule has 1 fully saturated rings. The maximum atomic E-state index is 11.1. The van der Waals surface area contributed by atoms with Crippen LogP contribution in [0.2, 0.25) is 0 Å². The van der Waals surface area contributed by atoms with Gasteiger partial charge in [0.25, 0.3) is 0 Å². The maximum absolute atomic E-state index is 11.1. The standard InChI is InChI=1S/C12H24N4O.HI/c1-12(2,10(13)17)8-15-11(14)16-9-6-4-3-5-7-9;/h9H,3-8H2,1-2H3,(H2,13,17)(H3,14,15,16);1H. The van der Waals surface area contributed by atoms with E-state index in [0.29, 0.717) is 18.5 Å². The molecule has 1 rings (SSSR count). The van der Waals surface area contributed by atoms with Gasteiger partial charge in [-0.1, -0.05) is 19.3 Å². The van der Waals surface area contributed by atoms with Crippen LogP contribution >= 0.6 is 24.0 Å². The van der Waals surface area contributed by atoms with E-state index in [2.05, 4.69) is 10.3 Å². The summed E-state index contributed by atoms with van der Waals surface area (Å²) in [5.74, 6) is 0.0675. The summed E-state index contributed by atoms with van der Waals surface area (Å²) in [5, 5.41) is 3.21. The van der Waals surface area contributed by atoms with E-state index in [1.807, 2.05) is 0 Å². The van der Waals surface area contributed by atoms with Crippen LogP contribution in [0, 0.1) is 5.41 Å². The summed E-state index contributed by atoms with van der Waals surface area (Å²) in [4.78, 5) is 15.3. The van der Waals surface area contributed by atoms with E-state index in [-0.39, 0.29) is 29.9 Å². The SMILES string of the molecule is CC(C)(CN=C(N)NC1CCCCC1)C(N)=O.I. The normalized spacial score (nSPS) is 18.0. The molecular weight excluding hydrogens is 343 g/mol. The first-order valence-corrected chi connectivity index (χ1v) is 6.28. The average molecular weight is 368 g/mol. The van der Waals surface area contributed by atoms with Crippen molar-refractivity contribution in [2.24, 2.45) is 21.9 Å². The third kappa shape index (κ3) is 5.88. The maximum Gasteiger partial charge on any atom is 0.224 e. The molecule has 0 aromatic heterocycles. The molecule has 0 atom stereocenters. The number of carbonyl (C=O) groups excluding carboxylic acids is 1. The highest BCUT2D eigenvalue weighted by molar-refractivity contribution is 14.0. The Labute approximate surface area is 126 Å².